The van der Waals surface area contributed by atoms with E-state index in [1.165, 1.54) is 0 Å². The molecule has 0 radical (unpaired) electrons. The topological polar surface area (TPSA) is 86.7 Å². The lowest BCUT2D eigenvalue weighted by Crippen LogP contribution is -2.52. The molecule has 2 heterocycles. The van der Waals surface area contributed by atoms with E-state index in [-0.39, 0.29) is 29.1 Å². The predicted octanol–water partition coefficient (Wildman–Crippen LogP) is 1.20. The number of fused-ring (bicyclic) bond motifs is 1. The number of nitrogens with one attached hydrogen (secondary N) is 1. The highest BCUT2D eigenvalue weighted by molar-refractivity contribution is 8.01. The number of carboxylic acids is 1. The van der Waals surface area contributed by atoms with Crippen molar-refractivity contribution in [2.24, 2.45) is 0 Å². The average molecular weight is 314 g/mol. The molecule has 6 nitrogen and oxygen atoms in total. The van der Waals surface area contributed by atoms with E-state index in [2.05, 4.69) is 5.32 Å². The van der Waals surface area contributed by atoms with E-state index >= 15 is 0 Å². The Kier molecular flexibility index (Phi) is 4.81. The maximum atomic E-state index is 12.4. The van der Waals surface area contributed by atoms with Crippen molar-refractivity contribution in [1.29, 1.82) is 0 Å². The molecule has 2 amide bonds. The van der Waals surface area contributed by atoms with Gasteiger partial charge >= 0.3 is 5.97 Å². The molecule has 0 aromatic heterocycles. The second-order valence-electron chi connectivity index (χ2n) is 5.86. The molecule has 2 aliphatic rings. The highest BCUT2D eigenvalue weighted by Gasteiger charge is 2.53. The van der Waals surface area contributed by atoms with Gasteiger partial charge in [-0.1, -0.05) is 13.3 Å². The Morgan fingerprint density at radius 2 is 2.29 bits per heavy atom. The fraction of sp³-hybridized carbons (Fsp3) is 0.786. The molecule has 2 saturated heterocycles. The molecular formula is C14H22N2O4S. The minimum atomic E-state index is -0.920. The lowest BCUT2D eigenvalue weighted by molar-refractivity contribution is -0.140. The fourth-order valence-electron chi connectivity index (χ4n) is 3.10. The van der Waals surface area contributed by atoms with Gasteiger partial charge in [0.1, 0.15) is 6.04 Å². The Bertz CT molecular complexity index is 456. The molecule has 0 saturated carbocycles. The Morgan fingerprint density at radius 3 is 2.90 bits per heavy atom. The number of thioether (sulfide) groups is 1. The standard InChI is InChI=1S/C14H22N2O4S/c1-3-4-9(7-12(18)19)15-13(20)10-8-21-14(2)6-5-11(17)16(10)14/h9-10H,3-8H2,1-2H3,(H,15,20)(H,18,19). The minimum Gasteiger partial charge on any atom is -0.481 e. The van der Waals surface area contributed by atoms with Crippen molar-refractivity contribution in [1.82, 2.24) is 10.2 Å². The second kappa shape index (κ2) is 6.25. The first-order chi connectivity index (χ1) is 9.87. The summed E-state index contributed by atoms with van der Waals surface area (Å²) in [6.07, 6.45) is 2.61. The molecule has 0 aromatic rings. The van der Waals surface area contributed by atoms with Crippen molar-refractivity contribution in [2.45, 2.75) is 62.9 Å². The van der Waals surface area contributed by atoms with Gasteiger partial charge in [0.25, 0.3) is 0 Å². The Morgan fingerprint density at radius 1 is 1.57 bits per heavy atom. The zero-order valence-electron chi connectivity index (χ0n) is 12.4. The molecular weight excluding hydrogens is 292 g/mol. The third kappa shape index (κ3) is 3.33. The highest BCUT2D eigenvalue weighted by atomic mass is 32.2. The number of carbonyl (C=O) groups is 3. The van der Waals surface area contributed by atoms with E-state index in [1.807, 2.05) is 13.8 Å². The summed E-state index contributed by atoms with van der Waals surface area (Å²) in [4.78, 5) is 36.7. The quantitative estimate of drug-likeness (QED) is 0.769. The molecule has 0 bridgehead atoms. The summed E-state index contributed by atoms with van der Waals surface area (Å²) in [5.74, 6) is -0.536. The first-order valence-electron chi connectivity index (χ1n) is 7.35. The first kappa shape index (κ1) is 16.1. The molecule has 2 fully saturated rings. The lowest BCUT2D eigenvalue weighted by atomic mass is 10.1. The number of hydrogen-bond acceptors (Lipinski definition) is 4. The number of amides is 2. The second-order valence-corrected chi connectivity index (χ2v) is 7.36. The lowest BCUT2D eigenvalue weighted by Gasteiger charge is -2.30. The van der Waals surface area contributed by atoms with E-state index < -0.39 is 12.0 Å². The Balaban J connectivity index is 2.02. The summed E-state index contributed by atoms with van der Waals surface area (Å²) < 4.78 is 0. The molecule has 21 heavy (non-hydrogen) atoms. The summed E-state index contributed by atoms with van der Waals surface area (Å²) in [6.45, 7) is 3.95. The van der Waals surface area contributed by atoms with Gasteiger partial charge in [0, 0.05) is 18.2 Å². The van der Waals surface area contributed by atoms with Crippen LogP contribution in [0.15, 0.2) is 0 Å². The van der Waals surface area contributed by atoms with Crippen molar-refractivity contribution in [3.63, 3.8) is 0 Å². The zero-order valence-corrected chi connectivity index (χ0v) is 13.2. The largest absolute Gasteiger partial charge is 0.481 e. The molecule has 0 spiro atoms. The van der Waals surface area contributed by atoms with Gasteiger partial charge < -0.3 is 15.3 Å². The monoisotopic (exact) mass is 314 g/mol. The minimum absolute atomic E-state index is 0.0212. The van der Waals surface area contributed by atoms with Crippen LogP contribution >= 0.6 is 11.8 Å². The molecule has 2 rings (SSSR count). The molecule has 0 aliphatic carbocycles. The summed E-state index contributed by atoms with van der Waals surface area (Å²) in [5.41, 5.74) is 0. The third-order valence-corrected chi connectivity index (χ3v) is 5.66. The number of hydrogen-bond donors (Lipinski definition) is 2. The highest BCUT2D eigenvalue weighted by Crippen LogP contribution is 2.47. The molecule has 2 aliphatic heterocycles. The maximum Gasteiger partial charge on any atom is 0.305 e. The van der Waals surface area contributed by atoms with Crippen LogP contribution in [0, 0.1) is 0 Å². The molecule has 3 unspecified atom stereocenters. The van der Waals surface area contributed by atoms with Crippen LogP contribution in [-0.2, 0) is 14.4 Å². The van der Waals surface area contributed by atoms with E-state index in [4.69, 9.17) is 5.11 Å². The van der Waals surface area contributed by atoms with Gasteiger partial charge in [-0.3, -0.25) is 14.4 Å². The predicted molar refractivity (Wildman–Crippen MR) is 79.8 cm³/mol. The van der Waals surface area contributed by atoms with Crippen LogP contribution in [0.2, 0.25) is 0 Å². The number of carbonyl (C=O) groups excluding carboxylic acids is 2. The van der Waals surface area contributed by atoms with Crippen LogP contribution in [0.1, 0.15) is 46.0 Å². The normalized spacial score (nSPS) is 29.3. The van der Waals surface area contributed by atoms with Gasteiger partial charge in [-0.25, -0.2) is 0 Å². The van der Waals surface area contributed by atoms with Crippen molar-refractivity contribution < 1.29 is 19.5 Å². The van der Waals surface area contributed by atoms with E-state index in [0.29, 0.717) is 18.6 Å². The van der Waals surface area contributed by atoms with Crippen LogP contribution in [0.4, 0.5) is 0 Å². The van der Waals surface area contributed by atoms with E-state index in [0.717, 1.165) is 12.8 Å². The molecule has 0 aromatic carbocycles. The molecule has 2 N–H and O–H groups in total. The van der Waals surface area contributed by atoms with Crippen LogP contribution in [0.25, 0.3) is 0 Å². The number of rotatable bonds is 6. The molecule has 3 atom stereocenters. The zero-order chi connectivity index (χ0) is 15.6. The maximum absolute atomic E-state index is 12.4. The van der Waals surface area contributed by atoms with Gasteiger partial charge in [-0.05, 0) is 19.8 Å². The summed E-state index contributed by atoms with van der Waals surface area (Å²) in [5, 5.41) is 11.7. The Hall–Kier alpha value is -1.24. The van der Waals surface area contributed by atoms with Gasteiger partial charge in [-0.15, -0.1) is 11.8 Å². The van der Waals surface area contributed by atoms with Crippen molar-refractivity contribution >= 4 is 29.5 Å². The van der Waals surface area contributed by atoms with Crippen molar-refractivity contribution in [3.8, 4) is 0 Å². The third-order valence-electron chi connectivity index (χ3n) is 4.15. The van der Waals surface area contributed by atoms with Crippen LogP contribution < -0.4 is 5.32 Å². The van der Waals surface area contributed by atoms with Gasteiger partial charge in [0.15, 0.2) is 0 Å². The summed E-state index contributed by atoms with van der Waals surface area (Å²) >= 11 is 1.64. The van der Waals surface area contributed by atoms with Crippen LogP contribution in [0.3, 0.4) is 0 Å². The fourth-order valence-corrected chi connectivity index (χ4v) is 4.53. The Labute approximate surface area is 128 Å². The van der Waals surface area contributed by atoms with Gasteiger partial charge in [-0.2, -0.15) is 0 Å². The van der Waals surface area contributed by atoms with E-state index in [1.54, 1.807) is 16.7 Å². The molecule has 7 heteroatoms. The summed E-state index contributed by atoms with van der Waals surface area (Å²) in [6, 6.07) is -0.835. The van der Waals surface area contributed by atoms with Crippen LogP contribution in [-0.4, -0.2) is 50.5 Å². The van der Waals surface area contributed by atoms with Crippen molar-refractivity contribution in [2.75, 3.05) is 5.75 Å². The first-order valence-corrected chi connectivity index (χ1v) is 8.34. The van der Waals surface area contributed by atoms with Crippen LogP contribution in [0.5, 0.6) is 0 Å². The van der Waals surface area contributed by atoms with E-state index in [9.17, 15) is 14.4 Å². The SMILES string of the molecule is CCCC(CC(=O)O)NC(=O)C1CSC2(C)CCC(=O)N12. The van der Waals surface area contributed by atoms with Crippen molar-refractivity contribution in [3.05, 3.63) is 0 Å². The van der Waals surface area contributed by atoms with Gasteiger partial charge in [0.2, 0.25) is 11.8 Å². The van der Waals surface area contributed by atoms with Gasteiger partial charge in [0.05, 0.1) is 11.3 Å². The number of nitrogens with zero attached hydrogens (tertiary/aromatic N) is 1. The summed E-state index contributed by atoms with van der Waals surface area (Å²) in [7, 11) is 0. The number of carboxylic acid groups (broad SMARTS) is 1. The average Bonchev–Trinajstić information content (AvgIpc) is 2.86. The number of aliphatic carboxylic acids is 1. The molecule has 118 valence electrons. The smallest absolute Gasteiger partial charge is 0.305 e.